The van der Waals surface area contributed by atoms with Crippen molar-refractivity contribution < 1.29 is 23.8 Å². The van der Waals surface area contributed by atoms with Crippen molar-refractivity contribution in [1.29, 1.82) is 0 Å². The van der Waals surface area contributed by atoms with Crippen LogP contribution in [-0.2, 0) is 22.6 Å². The summed E-state index contributed by atoms with van der Waals surface area (Å²) in [6, 6.07) is 6.56. The van der Waals surface area contributed by atoms with E-state index in [0.29, 0.717) is 27.1 Å². The van der Waals surface area contributed by atoms with E-state index in [1.54, 1.807) is 24.3 Å². The Kier molecular flexibility index (Phi) is 4.42. The smallest absolute Gasteiger partial charge is 0.244 e. The first-order valence-electron chi connectivity index (χ1n) is 7.11. The second-order valence-corrected chi connectivity index (χ2v) is 5.69. The number of methoxy groups -OCH3 is 1. The quantitative estimate of drug-likeness (QED) is 0.689. The third-order valence-electron chi connectivity index (χ3n) is 3.67. The molecule has 1 aromatic carbocycles. The molecule has 0 fully saturated rings. The van der Waals surface area contributed by atoms with Gasteiger partial charge < -0.3 is 24.0 Å². The van der Waals surface area contributed by atoms with E-state index < -0.39 is 18.2 Å². The van der Waals surface area contributed by atoms with Gasteiger partial charge in [-0.15, -0.1) is 0 Å². The van der Waals surface area contributed by atoms with Crippen LogP contribution in [0.1, 0.15) is 27.4 Å². The van der Waals surface area contributed by atoms with Crippen LogP contribution in [0.5, 0.6) is 0 Å². The number of aromatic amines is 1. The molecule has 6 nitrogen and oxygen atoms in total. The van der Waals surface area contributed by atoms with Crippen LogP contribution in [0.3, 0.4) is 0 Å². The molecule has 0 atom stereocenters. The van der Waals surface area contributed by atoms with Gasteiger partial charge in [0.15, 0.2) is 5.76 Å². The van der Waals surface area contributed by atoms with Crippen molar-refractivity contribution in [3.8, 4) is 0 Å². The summed E-state index contributed by atoms with van der Waals surface area (Å²) in [5.41, 5.74) is 1.63. The number of ether oxygens (including phenoxy) is 1. The van der Waals surface area contributed by atoms with E-state index in [0.717, 1.165) is 0 Å². The summed E-state index contributed by atoms with van der Waals surface area (Å²) in [5.74, 6) is -1.62. The maximum absolute atomic E-state index is 12.8. The van der Waals surface area contributed by atoms with Crippen molar-refractivity contribution in [3.05, 3.63) is 58.1 Å². The summed E-state index contributed by atoms with van der Waals surface area (Å²) in [6.45, 7) is 0.208. The highest BCUT2D eigenvalue weighted by Crippen LogP contribution is 2.28. The van der Waals surface area contributed by atoms with Crippen LogP contribution in [0.25, 0.3) is 10.9 Å². The lowest BCUT2D eigenvalue weighted by Crippen LogP contribution is -2.25. The number of carbonyl (C=O) groups is 2. The average Bonchev–Trinajstić information content (AvgIpc) is 3.11. The molecule has 1 N–H and O–H groups in total. The molecule has 3 rings (SSSR count). The zero-order valence-corrected chi connectivity index (χ0v) is 13.5. The average molecular weight is 347 g/mol. The minimum atomic E-state index is -1.28. The molecule has 0 saturated heterocycles. The fraction of sp³-hybridized carbons (Fsp3) is 0.176. The van der Waals surface area contributed by atoms with Crippen molar-refractivity contribution in [1.82, 2.24) is 4.98 Å². The minimum Gasteiger partial charge on any atom is -0.550 e. The summed E-state index contributed by atoms with van der Waals surface area (Å²) in [5, 5.41) is 12.2. The summed E-state index contributed by atoms with van der Waals surface area (Å²) in [7, 11) is 1.51. The number of carbonyl (C=O) groups excluding carboxylic acids is 2. The Morgan fingerprint density at radius 1 is 1.33 bits per heavy atom. The van der Waals surface area contributed by atoms with Crippen LogP contribution in [0.15, 0.2) is 34.9 Å². The highest BCUT2D eigenvalue weighted by molar-refractivity contribution is 6.31. The molecule has 0 spiro atoms. The maximum Gasteiger partial charge on any atom is 0.244 e. The van der Waals surface area contributed by atoms with E-state index in [2.05, 4.69) is 4.98 Å². The topological polar surface area (TPSA) is 95.4 Å². The number of furan rings is 1. The molecular weight excluding hydrogens is 334 g/mol. The number of aromatic nitrogens is 1. The molecule has 0 unspecified atom stereocenters. The number of carboxylic acid groups (broad SMARTS) is 1. The van der Waals surface area contributed by atoms with E-state index in [9.17, 15) is 14.7 Å². The second kappa shape index (κ2) is 6.51. The number of benzene rings is 1. The summed E-state index contributed by atoms with van der Waals surface area (Å²) >= 11 is 5.96. The van der Waals surface area contributed by atoms with Gasteiger partial charge in [0, 0.05) is 41.0 Å². The summed E-state index contributed by atoms with van der Waals surface area (Å²) in [4.78, 5) is 26.9. The van der Waals surface area contributed by atoms with Gasteiger partial charge >= 0.3 is 0 Å². The molecule has 2 aromatic heterocycles. The van der Waals surface area contributed by atoms with Gasteiger partial charge in [0.2, 0.25) is 5.78 Å². The van der Waals surface area contributed by atoms with Crippen LogP contribution in [-0.4, -0.2) is 23.8 Å². The molecule has 124 valence electrons. The lowest BCUT2D eigenvalue weighted by atomic mass is 10.0. The van der Waals surface area contributed by atoms with Gasteiger partial charge in [-0.3, -0.25) is 4.79 Å². The number of H-pyrrole nitrogens is 1. The maximum atomic E-state index is 12.8. The Bertz CT molecular complexity index is 924. The minimum absolute atomic E-state index is 0.106. The molecule has 7 heteroatoms. The van der Waals surface area contributed by atoms with Gasteiger partial charge in [-0.2, -0.15) is 0 Å². The van der Waals surface area contributed by atoms with Gasteiger partial charge in [-0.05, 0) is 23.8 Å². The van der Waals surface area contributed by atoms with Gasteiger partial charge in [0.25, 0.3) is 0 Å². The predicted molar refractivity (Wildman–Crippen MR) is 84.9 cm³/mol. The Balaban J connectivity index is 2.15. The fourth-order valence-electron chi connectivity index (χ4n) is 2.67. The highest BCUT2D eigenvalue weighted by Gasteiger charge is 2.24. The Labute approximate surface area is 142 Å². The van der Waals surface area contributed by atoms with Crippen molar-refractivity contribution in [3.63, 3.8) is 0 Å². The zero-order valence-electron chi connectivity index (χ0n) is 12.7. The number of hydrogen-bond donors (Lipinski definition) is 1. The van der Waals surface area contributed by atoms with Crippen molar-refractivity contribution in [2.45, 2.75) is 13.0 Å². The van der Waals surface area contributed by atoms with E-state index in [1.807, 2.05) is 0 Å². The molecule has 0 aliphatic rings. The first kappa shape index (κ1) is 16.3. The van der Waals surface area contributed by atoms with Crippen LogP contribution in [0.4, 0.5) is 0 Å². The van der Waals surface area contributed by atoms with E-state index in [-0.39, 0.29) is 18.1 Å². The van der Waals surface area contributed by atoms with Crippen LogP contribution < -0.4 is 5.11 Å². The first-order chi connectivity index (χ1) is 11.5. The van der Waals surface area contributed by atoms with Crippen molar-refractivity contribution >= 4 is 34.3 Å². The molecular formula is C17H13ClNO5-. The van der Waals surface area contributed by atoms with Crippen LogP contribution >= 0.6 is 11.6 Å². The lowest BCUT2D eigenvalue weighted by Gasteiger charge is -2.05. The molecule has 24 heavy (non-hydrogen) atoms. The Morgan fingerprint density at radius 3 is 2.83 bits per heavy atom. The van der Waals surface area contributed by atoms with E-state index in [1.165, 1.54) is 13.4 Å². The third kappa shape index (κ3) is 2.93. The number of aliphatic carboxylic acids is 1. The highest BCUT2D eigenvalue weighted by atomic mass is 35.5. The van der Waals surface area contributed by atoms with E-state index in [4.69, 9.17) is 20.8 Å². The molecule has 0 aliphatic heterocycles. The molecule has 0 aliphatic carbocycles. The third-order valence-corrected chi connectivity index (χ3v) is 3.90. The van der Waals surface area contributed by atoms with Crippen LogP contribution in [0, 0.1) is 0 Å². The van der Waals surface area contributed by atoms with Gasteiger partial charge in [-0.25, -0.2) is 0 Å². The number of rotatable bonds is 6. The SMILES string of the molecule is COCc1ccoc1C(=O)c1[nH]c2cc(Cl)ccc2c1CC(=O)[O-]. The predicted octanol–water partition coefficient (Wildman–Crippen LogP) is 2.08. The molecule has 0 saturated carbocycles. The normalized spacial score (nSPS) is 11.1. The fourth-order valence-corrected chi connectivity index (χ4v) is 2.84. The molecule has 2 heterocycles. The Hall–Kier alpha value is -2.57. The first-order valence-corrected chi connectivity index (χ1v) is 7.49. The van der Waals surface area contributed by atoms with Gasteiger partial charge in [0.05, 0.1) is 18.6 Å². The number of halogens is 1. The molecule has 0 amide bonds. The van der Waals surface area contributed by atoms with Crippen molar-refractivity contribution in [2.24, 2.45) is 0 Å². The molecule has 0 radical (unpaired) electrons. The van der Waals surface area contributed by atoms with Gasteiger partial charge in [-0.1, -0.05) is 17.7 Å². The zero-order chi connectivity index (χ0) is 17.3. The second-order valence-electron chi connectivity index (χ2n) is 5.25. The van der Waals surface area contributed by atoms with Gasteiger partial charge in [0.1, 0.15) is 0 Å². The monoisotopic (exact) mass is 346 g/mol. The standard InChI is InChI=1S/C17H14ClNO5/c1-23-8-9-4-5-24-17(9)16(22)15-12(7-14(20)21)11-3-2-10(18)6-13(11)19-15/h2-6,19H,7-8H2,1H3,(H,20,21)/p-1. The molecule has 0 bridgehead atoms. The van der Waals surface area contributed by atoms with E-state index >= 15 is 0 Å². The van der Waals surface area contributed by atoms with Crippen molar-refractivity contribution in [2.75, 3.05) is 7.11 Å². The largest absolute Gasteiger partial charge is 0.550 e. The Morgan fingerprint density at radius 2 is 2.12 bits per heavy atom. The number of fused-ring (bicyclic) bond motifs is 1. The van der Waals surface area contributed by atoms with Crippen LogP contribution in [0.2, 0.25) is 5.02 Å². The number of ketones is 1. The number of hydrogen-bond acceptors (Lipinski definition) is 5. The lowest BCUT2D eigenvalue weighted by molar-refractivity contribution is -0.304. The summed E-state index contributed by atoms with van der Waals surface area (Å²) in [6.07, 6.45) is 0.989. The summed E-state index contributed by atoms with van der Waals surface area (Å²) < 4.78 is 10.3. The molecule has 3 aromatic rings. The number of nitrogens with one attached hydrogen (secondary N) is 1. The number of carboxylic acids is 1.